The molecule has 3 nitrogen and oxygen atoms in total. The van der Waals surface area contributed by atoms with Gasteiger partial charge in [0.05, 0.1) is 5.56 Å². The molecule has 0 saturated heterocycles. The fourth-order valence-electron chi connectivity index (χ4n) is 1.08. The number of rotatable bonds is 5. The molecule has 15 heavy (non-hydrogen) atoms. The smallest absolute Gasteiger partial charge is 0.335 e. The van der Waals surface area contributed by atoms with E-state index in [4.69, 9.17) is 10.8 Å². The predicted octanol–water partition coefficient (Wildman–Crippen LogP) is 1.72. The molecule has 0 aliphatic carbocycles. The molecule has 1 rings (SSSR count). The summed E-state index contributed by atoms with van der Waals surface area (Å²) in [6.45, 7) is 0.533. The van der Waals surface area contributed by atoms with E-state index >= 15 is 0 Å². The Morgan fingerprint density at radius 3 is 2.87 bits per heavy atom. The van der Waals surface area contributed by atoms with Crippen LogP contribution >= 0.6 is 11.8 Å². The Hall–Kier alpha value is -1.07. The number of thioether (sulfide) groups is 1. The summed E-state index contributed by atoms with van der Waals surface area (Å²) in [5, 5.41) is 8.72. The molecule has 0 aromatic heterocycles. The fourth-order valence-corrected chi connectivity index (χ4v) is 1.84. The van der Waals surface area contributed by atoms with Crippen molar-refractivity contribution in [2.45, 2.75) is 5.75 Å². The van der Waals surface area contributed by atoms with E-state index in [1.165, 1.54) is 30.0 Å². The zero-order valence-corrected chi connectivity index (χ0v) is 8.89. The number of benzene rings is 1. The van der Waals surface area contributed by atoms with Crippen LogP contribution in [0.4, 0.5) is 4.39 Å². The van der Waals surface area contributed by atoms with E-state index in [0.29, 0.717) is 17.9 Å². The standard InChI is InChI=1S/C10H12FNO2S/c11-9-2-1-7(10(13)14)5-8(9)6-15-4-3-12/h1-2,5H,3-4,6,12H2,(H,13,14). The van der Waals surface area contributed by atoms with Crippen LogP contribution in [-0.2, 0) is 5.75 Å². The van der Waals surface area contributed by atoms with Gasteiger partial charge in [-0.1, -0.05) is 0 Å². The summed E-state index contributed by atoms with van der Waals surface area (Å²) in [5.41, 5.74) is 5.82. The Balaban J connectivity index is 2.76. The first kappa shape index (κ1) is 12.0. The lowest BCUT2D eigenvalue weighted by Gasteiger charge is -2.03. The average Bonchev–Trinajstić information content (AvgIpc) is 2.20. The van der Waals surface area contributed by atoms with Crippen molar-refractivity contribution in [3.63, 3.8) is 0 Å². The van der Waals surface area contributed by atoms with Crippen LogP contribution in [0, 0.1) is 5.82 Å². The molecule has 0 unspecified atom stereocenters. The zero-order valence-electron chi connectivity index (χ0n) is 8.07. The summed E-state index contributed by atoms with van der Waals surface area (Å²) in [4.78, 5) is 10.6. The Labute approximate surface area is 91.5 Å². The first-order chi connectivity index (χ1) is 7.15. The molecule has 1 aromatic rings. The van der Waals surface area contributed by atoms with Gasteiger partial charge in [-0.2, -0.15) is 11.8 Å². The lowest BCUT2D eigenvalue weighted by Crippen LogP contribution is -2.03. The number of nitrogens with two attached hydrogens (primary N) is 1. The second-order valence-corrected chi connectivity index (χ2v) is 4.06. The van der Waals surface area contributed by atoms with Gasteiger partial charge in [-0.25, -0.2) is 9.18 Å². The summed E-state index contributed by atoms with van der Waals surface area (Å²) < 4.78 is 13.2. The second-order valence-electron chi connectivity index (χ2n) is 2.95. The Bertz CT molecular complexity index is 357. The molecule has 0 atom stereocenters. The van der Waals surface area contributed by atoms with Crippen LogP contribution in [0.5, 0.6) is 0 Å². The van der Waals surface area contributed by atoms with Gasteiger partial charge >= 0.3 is 5.97 Å². The maximum atomic E-state index is 13.2. The van der Waals surface area contributed by atoms with Gasteiger partial charge in [0.15, 0.2) is 0 Å². The van der Waals surface area contributed by atoms with Crippen LogP contribution in [0.15, 0.2) is 18.2 Å². The van der Waals surface area contributed by atoms with Crippen molar-refractivity contribution in [1.29, 1.82) is 0 Å². The third kappa shape index (κ3) is 3.53. The molecule has 82 valence electrons. The van der Waals surface area contributed by atoms with Crippen molar-refractivity contribution in [1.82, 2.24) is 0 Å². The van der Waals surface area contributed by atoms with Gasteiger partial charge in [0.1, 0.15) is 5.82 Å². The Morgan fingerprint density at radius 1 is 1.53 bits per heavy atom. The van der Waals surface area contributed by atoms with E-state index in [-0.39, 0.29) is 11.4 Å². The maximum Gasteiger partial charge on any atom is 0.335 e. The molecule has 1 aromatic carbocycles. The van der Waals surface area contributed by atoms with Crippen LogP contribution in [0.3, 0.4) is 0 Å². The normalized spacial score (nSPS) is 10.3. The van der Waals surface area contributed by atoms with Gasteiger partial charge in [0.2, 0.25) is 0 Å². The molecule has 5 heteroatoms. The van der Waals surface area contributed by atoms with Crippen LogP contribution < -0.4 is 5.73 Å². The molecule has 0 spiro atoms. The predicted molar refractivity (Wildman–Crippen MR) is 58.6 cm³/mol. The first-order valence-electron chi connectivity index (χ1n) is 4.44. The number of halogens is 1. The van der Waals surface area contributed by atoms with Gasteiger partial charge in [-0.05, 0) is 23.8 Å². The molecule has 0 heterocycles. The molecule has 0 aliphatic rings. The summed E-state index contributed by atoms with van der Waals surface area (Å²) >= 11 is 1.48. The largest absolute Gasteiger partial charge is 0.478 e. The molecular formula is C10H12FNO2S. The molecule has 3 N–H and O–H groups in total. The molecular weight excluding hydrogens is 217 g/mol. The molecule has 0 fully saturated rings. The first-order valence-corrected chi connectivity index (χ1v) is 5.60. The monoisotopic (exact) mass is 229 g/mol. The number of carbonyl (C=O) groups is 1. The van der Waals surface area contributed by atoms with Crippen LogP contribution in [0.1, 0.15) is 15.9 Å². The highest BCUT2D eigenvalue weighted by molar-refractivity contribution is 7.98. The van der Waals surface area contributed by atoms with Crippen molar-refractivity contribution in [2.75, 3.05) is 12.3 Å². The highest BCUT2D eigenvalue weighted by Gasteiger charge is 2.07. The van der Waals surface area contributed by atoms with E-state index in [2.05, 4.69) is 0 Å². The van der Waals surface area contributed by atoms with Crippen molar-refractivity contribution < 1.29 is 14.3 Å². The minimum absolute atomic E-state index is 0.111. The summed E-state index contributed by atoms with van der Waals surface area (Å²) in [6, 6.07) is 3.80. The highest BCUT2D eigenvalue weighted by Crippen LogP contribution is 2.17. The lowest BCUT2D eigenvalue weighted by atomic mass is 10.1. The van der Waals surface area contributed by atoms with Gasteiger partial charge in [-0.15, -0.1) is 0 Å². The summed E-state index contributed by atoms with van der Waals surface area (Å²) in [6.07, 6.45) is 0. The van der Waals surface area contributed by atoms with Crippen molar-refractivity contribution >= 4 is 17.7 Å². The quantitative estimate of drug-likeness (QED) is 0.754. The Morgan fingerprint density at radius 2 is 2.27 bits per heavy atom. The van der Waals surface area contributed by atoms with Crippen molar-refractivity contribution in [3.05, 3.63) is 35.1 Å². The molecule has 0 aliphatic heterocycles. The third-order valence-corrected chi connectivity index (χ3v) is 2.85. The van der Waals surface area contributed by atoms with Crippen LogP contribution in [0.2, 0.25) is 0 Å². The summed E-state index contributed by atoms with van der Waals surface area (Å²) in [5.74, 6) is -0.231. The number of hydrogen-bond acceptors (Lipinski definition) is 3. The van der Waals surface area contributed by atoms with Gasteiger partial charge in [0, 0.05) is 18.1 Å². The molecule has 0 radical (unpaired) electrons. The minimum Gasteiger partial charge on any atom is -0.478 e. The number of aromatic carboxylic acids is 1. The van der Waals surface area contributed by atoms with Gasteiger partial charge < -0.3 is 10.8 Å². The van der Waals surface area contributed by atoms with Crippen molar-refractivity contribution in [3.8, 4) is 0 Å². The second kappa shape index (κ2) is 5.72. The van der Waals surface area contributed by atoms with Gasteiger partial charge in [-0.3, -0.25) is 0 Å². The van der Waals surface area contributed by atoms with E-state index in [0.717, 1.165) is 5.75 Å². The van der Waals surface area contributed by atoms with Gasteiger partial charge in [0.25, 0.3) is 0 Å². The lowest BCUT2D eigenvalue weighted by molar-refractivity contribution is 0.0696. The molecule has 0 saturated carbocycles. The zero-order chi connectivity index (χ0) is 11.3. The van der Waals surface area contributed by atoms with Crippen LogP contribution in [0.25, 0.3) is 0 Å². The van der Waals surface area contributed by atoms with E-state index < -0.39 is 5.97 Å². The number of carboxylic acid groups (broad SMARTS) is 1. The van der Waals surface area contributed by atoms with Crippen molar-refractivity contribution in [2.24, 2.45) is 5.73 Å². The average molecular weight is 229 g/mol. The van der Waals surface area contributed by atoms with Crippen LogP contribution in [-0.4, -0.2) is 23.4 Å². The van der Waals surface area contributed by atoms with E-state index in [1.807, 2.05) is 0 Å². The third-order valence-electron chi connectivity index (χ3n) is 1.81. The molecule has 0 amide bonds. The Kier molecular flexibility index (Phi) is 4.58. The fraction of sp³-hybridized carbons (Fsp3) is 0.300. The van der Waals surface area contributed by atoms with E-state index in [1.54, 1.807) is 0 Å². The topological polar surface area (TPSA) is 63.3 Å². The number of carboxylic acids is 1. The molecule has 0 bridgehead atoms. The highest BCUT2D eigenvalue weighted by atomic mass is 32.2. The maximum absolute atomic E-state index is 13.2. The SMILES string of the molecule is NCCSCc1cc(C(=O)O)ccc1F. The van der Waals surface area contributed by atoms with E-state index in [9.17, 15) is 9.18 Å². The number of hydrogen-bond donors (Lipinski definition) is 2. The summed E-state index contributed by atoms with van der Waals surface area (Å²) in [7, 11) is 0. The minimum atomic E-state index is -1.04.